The topological polar surface area (TPSA) is 55.6 Å². The minimum Gasteiger partial charge on any atom is -0.496 e. The fourth-order valence-electron chi connectivity index (χ4n) is 2.76. The standard InChI is InChI=1S/C15H21FN2O2/c1-3-4-10-8-18(9-13(10)17)15(19)12-7-11(16)5-6-14(12)20-2/h5-7,10,13H,3-4,8-9,17H2,1-2H3/t10-,13-/m1/s1. The molecule has 1 aliphatic rings. The van der Waals surface area contributed by atoms with Crippen molar-refractivity contribution >= 4 is 5.91 Å². The summed E-state index contributed by atoms with van der Waals surface area (Å²) in [7, 11) is 1.47. The lowest BCUT2D eigenvalue weighted by Crippen LogP contribution is -2.32. The molecule has 1 fully saturated rings. The van der Waals surface area contributed by atoms with Crippen LogP contribution in [0.25, 0.3) is 0 Å². The molecule has 1 heterocycles. The van der Waals surface area contributed by atoms with Crippen LogP contribution in [-0.2, 0) is 0 Å². The van der Waals surface area contributed by atoms with Crippen LogP contribution in [0.15, 0.2) is 18.2 Å². The van der Waals surface area contributed by atoms with E-state index in [1.807, 2.05) is 0 Å². The number of hydrogen-bond acceptors (Lipinski definition) is 3. The Labute approximate surface area is 118 Å². The van der Waals surface area contributed by atoms with Crippen molar-refractivity contribution in [2.24, 2.45) is 11.7 Å². The molecule has 20 heavy (non-hydrogen) atoms. The molecule has 1 aliphatic heterocycles. The Morgan fingerprint density at radius 3 is 2.90 bits per heavy atom. The van der Waals surface area contributed by atoms with Crippen LogP contribution in [0.3, 0.4) is 0 Å². The van der Waals surface area contributed by atoms with Crippen molar-refractivity contribution in [2.75, 3.05) is 20.2 Å². The van der Waals surface area contributed by atoms with Gasteiger partial charge in [-0.2, -0.15) is 0 Å². The monoisotopic (exact) mass is 280 g/mol. The van der Waals surface area contributed by atoms with Crippen molar-refractivity contribution < 1.29 is 13.9 Å². The van der Waals surface area contributed by atoms with Gasteiger partial charge in [0.05, 0.1) is 12.7 Å². The Morgan fingerprint density at radius 2 is 2.25 bits per heavy atom. The number of hydrogen-bond donors (Lipinski definition) is 1. The van der Waals surface area contributed by atoms with Crippen molar-refractivity contribution in [2.45, 2.75) is 25.8 Å². The first kappa shape index (κ1) is 14.8. The van der Waals surface area contributed by atoms with Gasteiger partial charge in [0, 0.05) is 19.1 Å². The van der Waals surface area contributed by atoms with E-state index < -0.39 is 5.82 Å². The van der Waals surface area contributed by atoms with Gasteiger partial charge in [-0.15, -0.1) is 0 Å². The Morgan fingerprint density at radius 1 is 1.50 bits per heavy atom. The van der Waals surface area contributed by atoms with Gasteiger partial charge in [0.25, 0.3) is 5.91 Å². The molecule has 5 heteroatoms. The molecule has 0 unspecified atom stereocenters. The molecule has 4 nitrogen and oxygen atoms in total. The lowest BCUT2D eigenvalue weighted by atomic mass is 9.99. The molecule has 0 bridgehead atoms. The van der Waals surface area contributed by atoms with Crippen molar-refractivity contribution in [1.82, 2.24) is 4.90 Å². The molecule has 110 valence electrons. The number of rotatable bonds is 4. The number of benzene rings is 1. The number of methoxy groups -OCH3 is 1. The average Bonchev–Trinajstić information content (AvgIpc) is 2.80. The fourth-order valence-corrected chi connectivity index (χ4v) is 2.76. The highest BCUT2D eigenvalue weighted by molar-refractivity contribution is 5.97. The Kier molecular flexibility index (Phi) is 4.60. The highest BCUT2D eigenvalue weighted by atomic mass is 19.1. The molecule has 1 aromatic carbocycles. The molecule has 0 radical (unpaired) electrons. The lowest BCUT2D eigenvalue weighted by molar-refractivity contribution is 0.0781. The van der Waals surface area contributed by atoms with Gasteiger partial charge in [-0.25, -0.2) is 4.39 Å². The number of nitrogens with two attached hydrogens (primary N) is 1. The molecule has 2 rings (SSSR count). The molecule has 1 aromatic rings. The first-order valence-corrected chi connectivity index (χ1v) is 6.95. The van der Waals surface area contributed by atoms with Gasteiger partial charge in [-0.1, -0.05) is 13.3 Å². The van der Waals surface area contributed by atoms with Crippen LogP contribution < -0.4 is 10.5 Å². The second-order valence-electron chi connectivity index (χ2n) is 5.27. The second-order valence-corrected chi connectivity index (χ2v) is 5.27. The SMILES string of the molecule is CCC[C@@H]1CN(C(=O)c2cc(F)ccc2OC)C[C@H]1N. The van der Waals surface area contributed by atoms with Crippen LogP contribution in [0, 0.1) is 11.7 Å². The number of carbonyl (C=O) groups is 1. The molecule has 1 amide bonds. The number of amides is 1. The van der Waals surface area contributed by atoms with Crippen LogP contribution in [0.2, 0.25) is 0 Å². The normalized spacial score (nSPS) is 22.1. The summed E-state index contributed by atoms with van der Waals surface area (Å²) in [5.74, 6) is 0.0607. The van der Waals surface area contributed by atoms with E-state index in [4.69, 9.17) is 10.5 Å². The van der Waals surface area contributed by atoms with Crippen LogP contribution in [-0.4, -0.2) is 37.0 Å². The van der Waals surface area contributed by atoms with Crippen LogP contribution in [0.4, 0.5) is 4.39 Å². The minimum absolute atomic E-state index is 0.00143. The minimum atomic E-state index is -0.442. The third-order valence-corrected chi connectivity index (χ3v) is 3.83. The first-order valence-electron chi connectivity index (χ1n) is 6.95. The summed E-state index contributed by atoms with van der Waals surface area (Å²) in [6, 6.07) is 3.98. The molecule has 1 saturated heterocycles. The Bertz CT molecular complexity index is 493. The average molecular weight is 280 g/mol. The zero-order chi connectivity index (χ0) is 14.7. The summed E-state index contributed by atoms with van der Waals surface area (Å²) in [4.78, 5) is 14.2. The van der Waals surface area contributed by atoms with Crippen molar-refractivity contribution in [3.63, 3.8) is 0 Å². The van der Waals surface area contributed by atoms with E-state index in [-0.39, 0.29) is 17.5 Å². The van der Waals surface area contributed by atoms with E-state index in [1.165, 1.54) is 25.3 Å². The summed E-state index contributed by atoms with van der Waals surface area (Å²) in [5.41, 5.74) is 6.33. The smallest absolute Gasteiger partial charge is 0.257 e. The Balaban J connectivity index is 2.18. The maximum Gasteiger partial charge on any atom is 0.257 e. The molecular formula is C15H21FN2O2. The number of halogens is 1. The quantitative estimate of drug-likeness (QED) is 0.918. The first-order chi connectivity index (χ1) is 9.56. The summed E-state index contributed by atoms with van der Waals surface area (Å²) >= 11 is 0. The van der Waals surface area contributed by atoms with E-state index in [2.05, 4.69) is 6.92 Å². The molecule has 2 N–H and O–H groups in total. The van der Waals surface area contributed by atoms with Gasteiger partial charge in [0.1, 0.15) is 11.6 Å². The number of ether oxygens (including phenoxy) is 1. The van der Waals surface area contributed by atoms with E-state index >= 15 is 0 Å². The molecule has 0 saturated carbocycles. The molecule has 2 atom stereocenters. The van der Waals surface area contributed by atoms with E-state index in [0.717, 1.165) is 12.8 Å². The van der Waals surface area contributed by atoms with E-state index in [9.17, 15) is 9.18 Å². The van der Waals surface area contributed by atoms with Gasteiger partial charge < -0.3 is 15.4 Å². The van der Waals surface area contributed by atoms with Crippen LogP contribution >= 0.6 is 0 Å². The molecule has 0 aliphatic carbocycles. The van der Waals surface area contributed by atoms with Gasteiger partial charge in [-0.3, -0.25) is 4.79 Å². The maximum absolute atomic E-state index is 13.4. The zero-order valence-electron chi connectivity index (χ0n) is 11.9. The fraction of sp³-hybridized carbons (Fsp3) is 0.533. The van der Waals surface area contributed by atoms with Crippen LogP contribution in [0.1, 0.15) is 30.1 Å². The summed E-state index contributed by atoms with van der Waals surface area (Å²) in [6.07, 6.45) is 2.05. The largest absolute Gasteiger partial charge is 0.496 e. The highest BCUT2D eigenvalue weighted by Crippen LogP contribution is 2.26. The van der Waals surface area contributed by atoms with Crippen molar-refractivity contribution in [1.29, 1.82) is 0 Å². The summed E-state index contributed by atoms with van der Waals surface area (Å²) in [5, 5.41) is 0. The number of carbonyl (C=O) groups excluding carboxylic acids is 1. The summed E-state index contributed by atoms with van der Waals surface area (Å²) in [6.45, 7) is 3.25. The van der Waals surface area contributed by atoms with Gasteiger partial charge >= 0.3 is 0 Å². The maximum atomic E-state index is 13.4. The predicted molar refractivity (Wildman–Crippen MR) is 75.2 cm³/mol. The van der Waals surface area contributed by atoms with Gasteiger partial charge in [-0.05, 0) is 30.5 Å². The van der Waals surface area contributed by atoms with E-state index in [0.29, 0.717) is 24.8 Å². The van der Waals surface area contributed by atoms with Crippen LogP contribution in [0.5, 0.6) is 5.75 Å². The third-order valence-electron chi connectivity index (χ3n) is 3.83. The molecule has 0 aromatic heterocycles. The summed E-state index contributed by atoms with van der Waals surface area (Å²) < 4.78 is 18.5. The molecular weight excluding hydrogens is 259 g/mol. The second kappa shape index (κ2) is 6.22. The van der Waals surface area contributed by atoms with E-state index in [1.54, 1.807) is 4.90 Å². The van der Waals surface area contributed by atoms with Gasteiger partial charge in [0.15, 0.2) is 0 Å². The lowest BCUT2D eigenvalue weighted by Gasteiger charge is -2.18. The van der Waals surface area contributed by atoms with Gasteiger partial charge in [0.2, 0.25) is 0 Å². The van der Waals surface area contributed by atoms with Crippen molar-refractivity contribution in [3.05, 3.63) is 29.6 Å². The third kappa shape index (κ3) is 2.93. The number of nitrogens with zero attached hydrogens (tertiary/aromatic N) is 1. The van der Waals surface area contributed by atoms with Crippen molar-refractivity contribution in [3.8, 4) is 5.75 Å². The molecule has 0 spiro atoms. The Hall–Kier alpha value is -1.62. The number of likely N-dealkylation sites (tertiary alicyclic amines) is 1. The highest BCUT2D eigenvalue weighted by Gasteiger charge is 2.33. The zero-order valence-corrected chi connectivity index (χ0v) is 11.9. The predicted octanol–water partition coefficient (Wildman–Crippen LogP) is 2.03.